The first kappa shape index (κ1) is 32.5. The fourth-order valence-electron chi connectivity index (χ4n) is 3.83. The van der Waals surface area contributed by atoms with Crippen molar-refractivity contribution >= 4 is 54.7 Å². The van der Waals surface area contributed by atoms with Crippen molar-refractivity contribution in [3.05, 3.63) is 0 Å². The number of hydrogen-bond donors (Lipinski definition) is 0. The molecule has 0 aromatic rings. The Kier molecular flexibility index (Phi) is 25.0. The van der Waals surface area contributed by atoms with E-state index in [0.29, 0.717) is 0 Å². The standard InChI is InChI=1S/C26H52N2S4/c1-5-9-11-13-15-17-19-21-23-28(24-22-20-18-16-14-12-10-6-2)26(30)32-31-25(29)27(7-3)8-4/h5-24H2,1-4H3. The average molecular weight is 521 g/mol. The highest BCUT2D eigenvalue weighted by Crippen LogP contribution is 2.29. The third kappa shape index (κ3) is 18.9. The van der Waals surface area contributed by atoms with E-state index in [0.717, 1.165) is 34.8 Å². The maximum atomic E-state index is 5.84. The largest absolute Gasteiger partial charge is 0.357 e. The van der Waals surface area contributed by atoms with Crippen molar-refractivity contribution in [3.63, 3.8) is 0 Å². The molecule has 190 valence electrons. The van der Waals surface area contributed by atoms with Crippen LogP contribution in [0.15, 0.2) is 0 Å². The molecule has 0 heterocycles. The Morgan fingerprint density at radius 1 is 0.469 bits per heavy atom. The molecule has 0 spiro atoms. The Morgan fingerprint density at radius 2 is 0.781 bits per heavy atom. The molecule has 0 bridgehead atoms. The summed E-state index contributed by atoms with van der Waals surface area (Å²) in [5.41, 5.74) is 0. The van der Waals surface area contributed by atoms with Gasteiger partial charge in [0, 0.05) is 26.2 Å². The van der Waals surface area contributed by atoms with E-state index in [1.54, 1.807) is 21.6 Å². The lowest BCUT2D eigenvalue weighted by molar-refractivity contribution is 0.394. The summed E-state index contributed by atoms with van der Waals surface area (Å²) in [4.78, 5) is 4.70. The first-order valence-electron chi connectivity index (χ1n) is 13.5. The molecule has 0 aliphatic rings. The van der Waals surface area contributed by atoms with Crippen molar-refractivity contribution in [1.29, 1.82) is 0 Å². The Bertz CT molecular complexity index is 422. The fourth-order valence-corrected chi connectivity index (χ4v) is 6.73. The Hall–Kier alpha value is 0.480. The molecule has 0 aromatic heterocycles. The molecule has 6 heteroatoms. The minimum atomic E-state index is 0.960. The highest BCUT2D eigenvalue weighted by Gasteiger charge is 2.14. The van der Waals surface area contributed by atoms with Crippen LogP contribution in [0.2, 0.25) is 0 Å². The van der Waals surface area contributed by atoms with Crippen LogP contribution in [-0.4, -0.2) is 44.6 Å². The van der Waals surface area contributed by atoms with Gasteiger partial charge < -0.3 is 9.80 Å². The number of nitrogens with zero attached hydrogens (tertiary/aromatic N) is 2. The van der Waals surface area contributed by atoms with Crippen molar-refractivity contribution in [1.82, 2.24) is 9.80 Å². The molecule has 0 N–H and O–H groups in total. The Labute approximate surface area is 220 Å². The lowest BCUT2D eigenvalue weighted by Crippen LogP contribution is -2.30. The van der Waals surface area contributed by atoms with Gasteiger partial charge in [-0.15, -0.1) is 0 Å². The minimum Gasteiger partial charge on any atom is -0.357 e. The van der Waals surface area contributed by atoms with Gasteiger partial charge >= 0.3 is 0 Å². The van der Waals surface area contributed by atoms with Gasteiger partial charge in [0.25, 0.3) is 0 Å². The predicted molar refractivity (Wildman–Crippen MR) is 160 cm³/mol. The Morgan fingerprint density at radius 3 is 1.12 bits per heavy atom. The van der Waals surface area contributed by atoms with Gasteiger partial charge in [0.05, 0.1) is 0 Å². The molecule has 0 aliphatic heterocycles. The molecule has 0 amide bonds. The second-order valence-corrected chi connectivity index (χ2v) is 12.2. The van der Waals surface area contributed by atoms with Gasteiger partial charge in [0.2, 0.25) is 0 Å². The molecule has 0 saturated heterocycles. The van der Waals surface area contributed by atoms with Gasteiger partial charge in [-0.2, -0.15) is 0 Å². The third-order valence-electron chi connectivity index (χ3n) is 6.03. The fraction of sp³-hybridized carbons (Fsp3) is 0.923. The molecule has 0 saturated carbocycles. The van der Waals surface area contributed by atoms with E-state index in [-0.39, 0.29) is 0 Å². The lowest BCUT2D eigenvalue weighted by Gasteiger charge is -2.26. The summed E-state index contributed by atoms with van der Waals surface area (Å²) >= 11 is 11.4. The SMILES string of the molecule is CCCCCCCCCCN(CCCCCCCCCC)C(=S)SSC(=S)N(CC)CC. The summed E-state index contributed by atoms with van der Waals surface area (Å²) in [5.74, 6) is 0. The normalized spacial score (nSPS) is 11.0. The topological polar surface area (TPSA) is 6.48 Å². The highest BCUT2D eigenvalue weighted by molar-refractivity contribution is 8.89. The molecule has 2 nitrogen and oxygen atoms in total. The zero-order valence-corrected chi connectivity index (χ0v) is 24.9. The van der Waals surface area contributed by atoms with E-state index in [1.807, 2.05) is 0 Å². The smallest absolute Gasteiger partial charge is 0.147 e. The molecular weight excluding hydrogens is 469 g/mol. The summed E-state index contributed by atoms with van der Waals surface area (Å²) < 4.78 is 1.98. The number of thiocarbonyl (C=S) groups is 2. The van der Waals surface area contributed by atoms with Crippen LogP contribution in [0, 0.1) is 0 Å². The lowest BCUT2D eigenvalue weighted by atomic mass is 10.1. The van der Waals surface area contributed by atoms with Crippen molar-refractivity contribution < 1.29 is 0 Å². The third-order valence-corrected chi connectivity index (χ3v) is 9.76. The van der Waals surface area contributed by atoms with Crippen molar-refractivity contribution in [3.8, 4) is 0 Å². The molecule has 0 radical (unpaired) electrons. The second kappa shape index (κ2) is 24.6. The van der Waals surface area contributed by atoms with Gasteiger partial charge in [-0.25, -0.2) is 0 Å². The molecule has 0 unspecified atom stereocenters. The van der Waals surface area contributed by atoms with Gasteiger partial charge in [0.1, 0.15) is 8.64 Å². The van der Waals surface area contributed by atoms with Crippen LogP contribution in [0.3, 0.4) is 0 Å². The van der Waals surface area contributed by atoms with E-state index in [2.05, 4.69) is 37.5 Å². The van der Waals surface area contributed by atoms with Gasteiger partial charge in [0.15, 0.2) is 0 Å². The van der Waals surface area contributed by atoms with E-state index >= 15 is 0 Å². The summed E-state index contributed by atoms with van der Waals surface area (Å²) in [5, 5.41) is 0. The summed E-state index contributed by atoms with van der Waals surface area (Å²) in [6, 6.07) is 0. The van der Waals surface area contributed by atoms with E-state index in [4.69, 9.17) is 24.4 Å². The zero-order valence-electron chi connectivity index (χ0n) is 21.7. The van der Waals surface area contributed by atoms with E-state index < -0.39 is 0 Å². The predicted octanol–water partition coefficient (Wildman–Crippen LogP) is 9.86. The van der Waals surface area contributed by atoms with Crippen LogP contribution >= 0.6 is 46.0 Å². The van der Waals surface area contributed by atoms with Crippen LogP contribution in [0.4, 0.5) is 0 Å². The highest BCUT2D eigenvalue weighted by atomic mass is 33.1. The molecule has 0 atom stereocenters. The molecule has 0 rings (SSSR count). The maximum absolute atomic E-state index is 5.84. The molecular formula is C26H52N2S4. The molecule has 0 aromatic carbocycles. The van der Waals surface area contributed by atoms with Crippen LogP contribution in [0.25, 0.3) is 0 Å². The number of rotatable bonds is 20. The maximum Gasteiger partial charge on any atom is 0.147 e. The van der Waals surface area contributed by atoms with Crippen molar-refractivity contribution in [2.75, 3.05) is 26.2 Å². The molecule has 32 heavy (non-hydrogen) atoms. The Balaban J connectivity index is 4.30. The minimum absolute atomic E-state index is 0.960. The first-order valence-corrected chi connectivity index (χ1v) is 16.5. The van der Waals surface area contributed by atoms with Crippen LogP contribution in [0.1, 0.15) is 130 Å². The zero-order chi connectivity index (χ0) is 23.9. The quantitative estimate of drug-likeness (QED) is 0.0888. The number of unbranched alkanes of at least 4 members (excludes halogenated alkanes) is 14. The monoisotopic (exact) mass is 520 g/mol. The summed E-state index contributed by atoms with van der Waals surface area (Å²) in [7, 11) is 3.37. The number of hydrogen-bond acceptors (Lipinski definition) is 4. The van der Waals surface area contributed by atoms with Crippen LogP contribution in [-0.2, 0) is 0 Å². The summed E-state index contributed by atoms with van der Waals surface area (Å²) in [6.07, 6.45) is 21.8. The van der Waals surface area contributed by atoms with E-state index in [9.17, 15) is 0 Å². The van der Waals surface area contributed by atoms with Crippen LogP contribution in [0.5, 0.6) is 0 Å². The van der Waals surface area contributed by atoms with Crippen LogP contribution < -0.4 is 0 Å². The summed E-state index contributed by atoms with van der Waals surface area (Å²) in [6.45, 7) is 13.0. The van der Waals surface area contributed by atoms with Crippen molar-refractivity contribution in [2.24, 2.45) is 0 Å². The van der Waals surface area contributed by atoms with Gasteiger partial charge in [-0.1, -0.05) is 128 Å². The first-order chi connectivity index (χ1) is 15.6. The van der Waals surface area contributed by atoms with Crippen molar-refractivity contribution in [2.45, 2.75) is 130 Å². The second-order valence-electron chi connectivity index (χ2n) is 8.81. The molecule has 0 aliphatic carbocycles. The van der Waals surface area contributed by atoms with Gasteiger partial charge in [-0.05, 0) is 48.3 Å². The molecule has 0 fully saturated rings. The average Bonchev–Trinajstić information content (AvgIpc) is 2.80. The van der Waals surface area contributed by atoms with Gasteiger partial charge in [-0.3, -0.25) is 0 Å². The van der Waals surface area contributed by atoms with E-state index in [1.165, 1.54) is 103 Å².